The highest BCUT2D eigenvalue weighted by Gasteiger charge is 2.25. The van der Waals surface area contributed by atoms with Crippen molar-refractivity contribution in [1.82, 2.24) is 10.1 Å². The SMILES string of the molecule is CC1CCN(Cc2no[n+]([O-])c2-c2ccc(Cl)cc2)CC1. The molecule has 21 heavy (non-hydrogen) atoms. The molecule has 112 valence electrons. The number of hydrogen-bond donors (Lipinski definition) is 0. The van der Waals surface area contributed by atoms with Crippen LogP contribution in [0.5, 0.6) is 0 Å². The van der Waals surface area contributed by atoms with Crippen molar-refractivity contribution < 1.29 is 9.53 Å². The van der Waals surface area contributed by atoms with E-state index in [1.807, 2.05) is 12.1 Å². The van der Waals surface area contributed by atoms with Crippen molar-refractivity contribution in [3.05, 3.63) is 40.2 Å². The van der Waals surface area contributed by atoms with Crippen molar-refractivity contribution in [3.8, 4) is 11.3 Å². The first-order valence-electron chi connectivity index (χ1n) is 7.20. The Kier molecular flexibility index (Phi) is 4.12. The van der Waals surface area contributed by atoms with Crippen LogP contribution in [0.1, 0.15) is 25.5 Å². The Labute approximate surface area is 128 Å². The van der Waals surface area contributed by atoms with Gasteiger partial charge in [0.25, 0.3) is 0 Å². The van der Waals surface area contributed by atoms with Gasteiger partial charge in [-0.2, -0.15) is 0 Å². The van der Waals surface area contributed by atoms with Crippen molar-refractivity contribution in [2.75, 3.05) is 13.1 Å². The Morgan fingerprint density at radius 1 is 1.33 bits per heavy atom. The fraction of sp³-hybridized carbons (Fsp3) is 0.467. The average Bonchev–Trinajstić information content (AvgIpc) is 2.83. The van der Waals surface area contributed by atoms with Gasteiger partial charge in [-0.25, -0.2) is 0 Å². The van der Waals surface area contributed by atoms with Crippen LogP contribution in [-0.2, 0) is 6.54 Å². The topological polar surface area (TPSA) is 56.2 Å². The van der Waals surface area contributed by atoms with E-state index in [1.165, 1.54) is 12.8 Å². The van der Waals surface area contributed by atoms with Crippen LogP contribution in [0.2, 0.25) is 5.02 Å². The predicted molar refractivity (Wildman–Crippen MR) is 79.6 cm³/mol. The summed E-state index contributed by atoms with van der Waals surface area (Å²) >= 11 is 5.89. The second-order valence-electron chi connectivity index (χ2n) is 5.69. The lowest BCUT2D eigenvalue weighted by Crippen LogP contribution is -2.33. The number of hydrogen-bond acceptors (Lipinski definition) is 4. The Balaban J connectivity index is 1.82. The number of aromatic nitrogens is 2. The van der Waals surface area contributed by atoms with Gasteiger partial charge in [-0.05, 0) is 61.0 Å². The molecule has 1 saturated heterocycles. The molecule has 1 aromatic heterocycles. The van der Waals surface area contributed by atoms with Crippen LogP contribution in [-0.4, -0.2) is 23.1 Å². The monoisotopic (exact) mass is 307 g/mol. The maximum Gasteiger partial charge on any atom is 0.240 e. The van der Waals surface area contributed by atoms with Crippen molar-refractivity contribution in [2.24, 2.45) is 5.92 Å². The van der Waals surface area contributed by atoms with Crippen molar-refractivity contribution in [2.45, 2.75) is 26.3 Å². The highest BCUT2D eigenvalue weighted by Crippen LogP contribution is 2.24. The molecule has 2 heterocycles. The summed E-state index contributed by atoms with van der Waals surface area (Å²) in [5, 5.41) is 16.4. The Hall–Kier alpha value is -1.59. The zero-order valence-corrected chi connectivity index (χ0v) is 12.7. The molecule has 1 aliphatic rings. The lowest BCUT2D eigenvalue weighted by molar-refractivity contribution is -0.793. The third kappa shape index (κ3) is 3.19. The van der Waals surface area contributed by atoms with E-state index in [0.717, 1.165) is 24.6 Å². The van der Waals surface area contributed by atoms with Crippen LogP contribution in [0, 0.1) is 11.1 Å². The van der Waals surface area contributed by atoms with E-state index in [0.29, 0.717) is 27.9 Å². The number of nitrogens with zero attached hydrogens (tertiary/aromatic N) is 3. The van der Waals surface area contributed by atoms with E-state index < -0.39 is 0 Å². The first kappa shape index (κ1) is 14.4. The highest BCUT2D eigenvalue weighted by atomic mass is 35.5. The number of benzene rings is 1. The standard InChI is InChI=1S/C15H18ClN3O2/c1-11-6-8-18(9-7-11)10-14-15(19(20)21-17-14)12-2-4-13(16)5-3-12/h2-5,11H,6-10H2,1H3. The molecule has 5 nitrogen and oxygen atoms in total. The van der Waals surface area contributed by atoms with Crippen LogP contribution in [0.4, 0.5) is 0 Å². The van der Waals surface area contributed by atoms with Gasteiger partial charge in [-0.3, -0.25) is 9.53 Å². The molecule has 1 aliphatic heterocycles. The second-order valence-corrected chi connectivity index (χ2v) is 6.13. The largest absolute Gasteiger partial charge is 0.359 e. The van der Waals surface area contributed by atoms with E-state index in [1.54, 1.807) is 12.1 Å². The Bertz CT molecular complexity index is 604. The average molecular weight is 308 g/mol. The smallest absolute Gasteiger partial charge is 0.240 e. The molecule has 0 unspecified atom stereocenters. The van der Waals surface area contributed by atoms with Gasteiger partial charge >= 0.3 is 0 Å². The lowest BCUT2D eigenvalue weighted by atomic mass is 9.99. The zero-order valence-electron chi connectivity index (χ0n) is 12.0. The van der Waals surface area contributed by atoms with E-state index in [9.17, 15) is 5.21 Å². The maximum absolute atomic E-state index is 11.9. The van der Waals surface area contributed by atoms with E-state index in [4.69, 9.17) is 16.2 Å². The van der Waals surface area contributed by atoms with Crippen molar-refractivity contribution >= 4 is 11.6 Å². The molecule has 6 heteroatoms. The summed E-state index contributed by atoms with van der Waals surface area (Å²) in [4.78, 5) is 2.79. The fourth-order valence-corrected chi connectivity index (χ4v) is 2.82. The molecular formula is C15H18ClN3O2. The van der Waals surface area contributed by atoms with E-state index in [-0.39, 0.29) is 0 Å². The minimum atomic E-state index is 0.477. The van der Waals surface area contributed by atoms with Crippen LogP contribution >= 0.6 is 11.6 Å². The summed E-state index contributed by atoms with van der Waals surface area (Å²) in [7, 11) is 0. The summed E-state index contributed by atoms with van der Waals surface area (Å²) in [5.41, 5.74) is 1.93. The molecule has 0 spiro atoms. The summed E-state index contributed by atoms with van der Waals surface area (Å²) < 4.78 is 4.79. The van der Waals surface area contributed by atoms with Gasteiger partial charge in [0.05, 0.1) is 6.54 Å². The minimum Gasteiger partial charge on any atom is -0.359 e. The number of likely N-dealkylation sites (tertiary alicyclic amines) is 1. The number of halogens is 1. The predicted octanol–water partition coefficient (Wildman–Crippen LogP) is 2.86. The van der Waals surface area contributed by atoms with Crippen LogP contribution in [0.25, 0.3) is 11.3 Å². The first-order chi connectivity index (χ1) is 10.1. The quantitative estimate of drug-likeness (QED) is 0.818. The molecule has 0 N–H and O–H groups in total. The van der Waals surface area contributed by atoms with E-state index >= 15 is 0 Å². The molecule has 3 rings (SSSR count). The first-order valence-corrected chi connectivity index (χ1v) is 7.58. The summed E-state index contributed by atoms with van der Waals surface area (Å²) in [6, 6.07) is 7.14. The molecular weight excluding hydrogens is 290 g/mol. The lowest BCUT2D eigenvalue weighted by Gasteiger charge is -2.28. The third-order valence-corrected chi connectivity index (χ3v) is 4.30. The minimum absolute atomic E-state index is 0.477. The Morgan fingerprint density at radius 3 is 2.67 bits per heavy atom. The van der Waals surface area contributed by atoms with Gasteiger partial charge in [0.15, 0.2) is 0 Å². The van der Waals surface area contributed by atoms with Gasteiger partial charge in [-0.15, -0.1) is 0 Å². The van der Waals surface area contributed by atoms with E-state index in [2.05, 4.69) is 17.0 Å². The van der Waals surface area contributed by atoms with Gasteiger partial charge in [0.2, 0.25) is 11.4 Å². The van der Waals surface area contributed by atoms with Gasteiger partial charge < -0.3 is 5.21 Å². The second kappa shape index (κ2) is 6.03. The summed E-state index contributed by atoms with van der Waals surface area (Å²) in [6.07, 6.45) is 2.37. The molecule has 0 radical (unpaired) electrons. The molecule has 0 atom stereocenters. The van der Waals surface area contributed by atoms with Gasteiger partial charge in [0.1, 0.15) is 0 Å². The van der Waals surface area contributed by atoms with Crippen LogP contribution in [0.15, 0.2) is 28.9 Å². The maximum atomic E-state index is 11.9. The zero-order chi connectivity index (χ0) is 14.8. The molecule has 0 bridgehead atoms. The Morgan fingerprint density at radius 2 is 2.00 bits per heavy atom. The van der Waals surface area contributed by atoms with Crippen molar-refractivity contribution in [1.29, 1.82) is 0 Å². The van der Waals surface area contributed by atoms with Crippen LogP contribution < -0.4 is 4.90 Å². The number of piperidine rings is 1. The van der Waals surface area contributed by atoms with Gasteiger partial charge in [-0.1, -0.05) is 18.5 Å². The molecule has 1 aromatic carbocycles. The molecule has 0 saturated carbocycles. The highest BCUT2D eigenvalue weighted by molar-refractivity contribution is 6.30. The molecule has 0 aliphatic carbocycles. The molecule has 1 fully saturated rings. The third-order valence-electron chi connectivity index (χ3n) is 4.05. The van der Waals surface area contributed by atoms with Crippen molar-refractivity contribution in [3.63, 3.8) is 0 Å². The van der Waals surface area contributed by atoms with Gasteiger partial charge in [0, 0.05) is 15.7 Å². The van der Waals surface area contributed by atoms with Crippen LogP contribution in [0.3, 0.4) is 0 Å². The summed E-state index contributed by atoms with van der Waals surface area (Å²) in [6.45, 7) is 4.99. The number of rotatable bonds is 3. The molecule has 2 aromatic rings. The molecule has 0 amide bonds. The fourth-order valence-electron chi connectivity index (χ4n) is 2.69. The summed E-state index contributed by atoms with van der Waals surface area (Å²) in [5.74, 6) is 0.777. The normalized spacial score (nSPS) is 17.2.